The van der Waals surface area contributed by atoms with E-state index >= 15 is 0 Å². The molecule has 2 rings (SSSR count). The predicted octanol–water partition coefficient (Wildman–Crippen LogP) is 3.79. The maximum atomic E-state index is 13.0. The van der Waals surface area contributed by atoms with Crippen LogP contribution in [0.25, 0.3) is 0 Å². The number of ether oxygens (including phenoxy) is 1. The highest BCUT2D eigenvalue weighted by atomic mass is 35.5. The average molecular weight is 294 g/mol. The molecule has 0 aliphatic carbocycles. The standard InChI is InChI=1S/C13H15ClF3NO/c14-9-1-2-10(11(7-9)13(15,16)17)12(18)8-3-5-19-6-4-8/h1-2,7-8,12H,3-6,18H2/t12-/m1/s1. The van der Waals surface area contributed by atoms with E-state index in [4.69, 9.17) is 22.1 Å². The van der Waals surface area contributed by atoms with Gasteiger partial charge < -0.3 is 10.5 Å². The van der Waals surface area contributed by atoms with Gasteiger partial charge in [0.25, 0.3) is 0 Å². The van der Waals surface area contributed by atoms with Crippen molar-refractivity contribution in [1.82, 2.24) is 0 Å². The van der Waals surface area contributed by atoms with Crippen LogP contribution in [0.5, 0.6) is 0 Å². The molecular formula is C13H15ClF3NO. The maximum absolute atomic E-state index is 13.0. The van der Waals surface area contributed by atoms with Crippen LogP contribution in [0.15, 0.2) is 18.2 Å². The summed E-state index contributed by atoms with van der Waals surface area (Å²) in [5.41, 5.74) is 5.40. The lowest BCUT2D eigenvalue weighted by atomic mass is 9.85. The molecule has 1 aliphatic rings. The quantitative estimate of drug-likeness (QED) is 0.900. The molecule has 1 saturated heterocycles. The SMILES string of the molecule is N[C@@H](c1ccc(Cl)cc1C(F)(F)F)C1CCOCC1. The summed E-state index contributed by atoms with van der Waals surface area (Å²) in [6, 6.07) is 3.13. The van der Waals surface area contributed by atoms with Crippen LogP contribution >= 0.6 is 11.6 Å². The molecule has 2 N–H and O–H groups in total. The highest BCUT2D eigenvalue weighted by Gasteiger charge is 2.36. The number of hydrogen-bond donors (Lipinski definition) is 1. The summed E-state index contributed by atoms with van der Waals surface area (Å²) in [5, 5.41) is 0.0650. The van der Waals surface area contributed by atoms with Gasteiger partial charge in [0.2, 0.25) is 0 Å². The Hall–Kier alpha value is -0.780. The van der Waals surface area contributed by atoms with Gasteiger partial charge in [-0.25, -0.2) is 0 Å². The molecule has 1 fully saturated rings. The molecule has 0 saturated carbocycles. The molecule has 1 heterocycles. The van der Waals surface area contributed by atoms with E-state index < -0.39 is 17.8 Å². The molecule has 2 nitrogen and oxygen atoms in total. The molecule has 1 aromatic carbocycles. The lowest BCUT2D eigenvalue weighted by Crippen LogP contribution is -2.29. The fraction of sp³-hybridized carbons (Fsp3) is 0.538. The fourth-order valence-electron chi connectivity index (χ4n) is 2.39. The molecule has 6 heteroatoms. The molecule has 0 amide bonds. The molecule has 1 aromatic rings. The molecule has 106 valence electrons. The second-order valence-electron chi connectivity index (χ2n) is 4.70. The zero-order valence-electron chi connectivity index (χ0n) is 10.2. The van der Waals surface area contributed by atoms with E-state index in [1.54, 1.807) is 0 Å². The van der Waals surface area contributed by atoms with Crippen LogP contribution in [0, 0.1) is 5.92 Å². The Bertz CT molecular complexity index is 444. The van der Waals surface area contributed by atoms with Gasteiger partial charge in [-0.15, -0.1) is 0 Å². The molecule has 0 spiro atoms. The van der Waals surface area contributed by atoms with Crippen molar-refractivity contribution in [3.63, 3.8) is 0 Å². The van der Waals surface area contributed by atoms with Gasteiger partial charge in [0, 0.05) is 24.3 Å². The topological polar surface area (TPSA) is 35.2 Å². The Labute approximate surface area is 114 Å². The van der Waals surface area contributed by atoms with Crippen LogP contribution < -0.4 is 5.73 Å². The minimum atomic E-state index is -4.44. The first kappa shape index (κ1) is 14.6. The largest absolute Gasteiger partial charge is 0.416 e. The lowest BCUT2D eigenvalue weighted by molar-refractivity contribution is -0.138. The van der Waals surface area contributed by atoms with Crippen molar-refractivity contribution >= 4 is 11.6 Å². The third-order valence-electron chi connectivity index (χ3n) is 3.45. The van der Waals surface area contributed by atoms with Crippen LogP contribution in [-0.2, 0) is 10.9 Å². The van der Waals surface area contributed by atoms with Crippen molar-refractivity contribution in [3.05, 3.63) is 34.3 Å². The van der Waals surface area contributed by atoms with Gasteiger partial charge in [-0.2, -0.15) is 13.2 Å². The van der Waals surface area contributed by atoms with Crippen LogP contribution in [0.3, 0.4) is 0 Å². The van der Waals surface area contributed by atoms with Gasteiger partial charge in [-0.05, 0) is 36.5 Å². The van der Waals surface area contributed by atoms with Gasteiger partial charge in [-0.1, -0.05) is 17.7 Å². The number of nitrogens with two attached hydrogens (primary N) is 1. The first-order valence-electron chi connectivity index (χ1n) is 6.09. The first-order valence-corrected chi connectivity index (χ1v) is 6.47. The smallest absolute Gasteiger partial charge is 0.381 e. The number of halogens is 4. The van der Waals surface area contributed by atoms with Crippen molar-refractivity contribution in [1.29, 1.82) is 0 Å². The molecule has 1 aliphatic heterocycles. The van der Waals surface area contributed by atoms with Crippen molar-refractivity contribution in [2.24, 2.45) is 11.7 Å². The van der Waals surface area contributed by atoms with Gasteiger partial charge in [0.1, 0.15) is 0 Å². The highest BCUT2D eigenvalue weighted by Crippen LogP contribution is 2.39. The maximum Gasteiger partial charge on any atom is 0.416 e. The van der Waals surface area contributed by atoms with Gasteiger partial charge in [-0.3, -0.25) is 0 Å². The second-order valence-corrected chi connectivity index (χ2v) is 5.14. The molecule has 0 radical (unpaired) electrons. The average Bonchev–Trinajstić information content (AvgIpc) is 2.38. The summed E-state index contributed by atoms with van der Waals surface area (Å²) in [4.78, 5) is 0. The van der Waals surface area contributed by atoms with E-state index in [9.17, 15) is 13.2 Å². The van der Waals surface area contributed by atoms with Crippen LogP contribution in [-0.4, -0.2) is 13.2 Å². The summed E-state index contributed by atoms with van der Waals surface area (Å²) < 4.78 is 44.3. The van der Waals surface area contributed by atoms with Crippen LogP contribution in [0.2, 0.25) is 5.02 Å². The molecule has 0 aromatic heterocycles. The zero-order chi connectivity index (χ0) is 14.0. The summed E-state index contributed by atoms with van der Waals surface area (Å²) in [7, 11) is 0. The van der Waals surface area contributed by atoms with Gasteiger partial charge >= 0.3 is 6.18 Å². The van der Waals surface area contributed by atoms with E-state index in [1.165, 1.54) is 12.1 Å². The van der Waals surface area contributed by atoms with Crippen LogP contribution in [0.4, 0.5) is 13.2 Å². The molecule has 1 atom stereocenters. The monoisotopic (exact) mass is 293 g/mol. The molecular weight excluding hydrogens is 279 g/mol. The molecule has 19 heavy (non-hydrogen) atoms. The summed E-state index contributed by atoms with van der Waals surface area (Å²) in [6.45, 7) is 1.10. The van der Waals surface area contributed by atoms with E-state index in [2.05, 4.69) is 0 Å². The normalized spacial score (nSPS) is 19.4. The van der Waals surface area contributed by atoms with Crippen molar-refractivity contribution < 1.29 is 17.9 Å². The Morgan fingerprint density at radius 3 is 2.47 bits per heavy atom. The van der Waals surface area contributed by atoms with E-state index in [0.29, 0.717) is 26.1 Å². The predicted molar refractivity (Wildman–Crippen MR) is 66.9 cm³/mol. The van der Waals surface area contributed by atoms with Gasteiger partial charge in [0.15, 0.2) is 0 Å². The fourth-order valence-corrected chi connectivity index (χ4v) is 2.57. The minimum absolute atomic E-state index is 0.0102. The number of rotatable bonds is 2. The van der Waals surface area contributed by atoms with Gasteiger partial charge in [0.05, 0.1) is 5.56 Å². The van der Waals surface area contributed by atoms with Crippen molar-refractivity contribution in [2.75, 3.05) is 13.2 Å². The highest BCUT2D eigenvalue weighted by molar-refractivity contribution is 6.30. The van der Waals surface area contributed by atoms with E-state index in [0.717, 1.165) is 6.07 Å². The Balaban J connectivity index is 2.32. The van der Waals surface area contributed by atoms with Crippen LogP contribution in [0.1, 0.15) is 30.0 Å². The zero-order valence-corrected chi connectivity index (χ0v) is 11.0. The molecule has 0 bridgehead atoms. The van der Waals surface area contributed by atoms with Crippen molar-refractivity contribution in [2.45, 2.75) is 25.1 Å². The molecule has 0 unspecified atom stereocenters. The summed E-state index contributed by atoms with van der Waals surface area (Å²) in [5.74, 6) is 0.0102. The number of benzene rings is 1. The van der Waals surface area contributed by atoms with Crippen molar-refractivity contribution in [3.8, 4) is 0 Å². The second kappa shape index (κ2) is 5.69. The Kier molecular flexibility index (Phi) is 4.38. The Morgan fingerprint density at radius 1 is 1.26 bits per heavy atom. The third kappa shape index (κ3) is 3.41. The number of alkyl halides is 3. The lowest BCUT2D eigenvalue weighted by Gasteiger charge is -2.29. The first-order chi connectivity index (χ1) is 8.89. The minimum Gasteiger partial charge on any atom is -0.381 e. The number of hydrogen-bond acceptors (Lipinski definition) is 2. The Morgan fingerprint density at radius 2 is 1.89 bits per heavy atom. The summed E-state index contributed by atoms with van der Waals surface area (Å²) in [6.07, 6.45) is -3.08. The summed E-state index contributed by atoms with van der Waals surface area (Å²) >= 11 is 5.65. The third-order valence-corrected chi connectivity index (χ3v) is 3.69. The van der Waals surface area contributed by atoms with E-state index in [-0.39, 0.29) is 16.5 Å². The van der Waals surface area contributed by atoms with E-state index in [1.807, 2.05) is 0 Å².